The largest absolute Gasteiger partial charge is 0.416 e. The molecule has 1 aliphatic heterocycles. The summed E-state index contributed by atoms with van der Waals surface area (Å²) in [7, 11) is 0. The molecule has 0 spiro atoms. The first-order valence-electron chi connectivity index (χ1n) is 13.1. The Labute approximate surface area is 232 Å². The summed E-state index contributed by atoms with van der Waals surface area (Å²) in [5, 5.41) is 13.0. The van der Waals surface area contributed by atoms with Crippen LogP contribution in [0.15, 0.2) is 55.0 Å². The Morgan fingerprint density at radius 2 is 1.80 bits per heavy atom. The third-order valence-corrected chi connectivity index (χ3v) is 7.39. The molecule has 10 nitrogen and oxygen atoms in total. The lowest BCUT2D eigenvalue weighted by Gasteiger charge is -2.35. The number of nitrogen functional groups attached to an aromatic ring is 1. The van der Waals surface area contributed by atoms with Crippen LogP contribution in [-0.2, 0) is 11.0 Å². The molecule has 212 valence electrons. The SMILES string of the molecule is Nc1nccn2c([C@@H]3C[C@H](O)CN(C(=O)C4CC4)C3)nc(-c3ccc(C(=O)Nc4cc(C(F)(F)F)ccn4)cc3)c12. The van der Waals surface area contributed by atoms with Gasteiger partial charge in [0.1, 0.15) is 28.7 Å². The number of aliphatic hydroxyl groups is 1. The number of carbonyl (C=O) groups is 2. The number of imidazole rings is 1. The van der Waals surface area contributed by atoms with Crippen molar-refractivity contribution in [3.8, 4) is 11.3 Å². The van der Waals surface area contributed by atoms with E-state index in [4.69, 9.17) is 10.7 Å². The minimum Gasteiger partial charge on any atom is -0.391 e. The Kier molecular flexibility index (Phi) is 6.60. The van der Waals surface area contributed by atoms with Crippen molar-refractivity contribution in [1.29, 1.82) is 0 Å². The average molecular weight is 566 g/mol. The molecule has 0 bridgehead atoms. The summed E-state index contributed by atoms with van der Waals surface area (Å²) in [5.41, 5.74) is 7.23. The lowest BCUT2D eigenvalue weighted by Crippen LogP contribution is -2.46. The molecule has 2 fully saturated rings. The van der Waals surface area contributed by atoms with Crippen LogP contribution in [0, 0.1) is 5.92 Å². The zero-order chi connectivity index (χ0) is 28.9. The van der Waals surface area contributed by atoms with E-state index < -0.39 is 23.8 Å². The third-order valence-electron chi connectivity index (χ3n) is 7.39. The molecule has 4 heterocycles. The Balaban J connectivity index is 1.28. The van der Waals surface area contributed by atoms with Crippen LogP contribution in [0.25, 0.3) is 16.8 Å². The highest BCUT2D eigenvalue weighted by atomic mass is 19.4. The number of likely N-dealkylation sites (tertiary alicyclic amines) is 1. The van der Waals surface area contributed by atoms with Crippen LogP contribution in [0.5, 0.6) is 0 Å². The first-order chi connectivity index (χ1) is 19.6. The molecule has 1 aromatic carbocycles. The Morgan fingerprint density at radius 1 is 1.05 bits per heavy atom. The summed E-state index contributed by atoms with van der Waals surface area (Å²) in [6, 6.07) is 7.96. The summed E-state index contributed by atoms with van der Waals surface area (Å²) < 4.78 is 40.9. The number of pyridine rings is 1. The van der Waals surface area contributed by atoms with Gasteiger partial charge in [-0.25, -0.2) is 15.0 Å². The van der Waals surface area contributed by atoms with Gasteiger partial charge >= 0.3 is 6.18 Å². The van der Waals surface area contributed by atoms with E-state index in [9.17, 15) is 27.9 Å². The first kappa shape index (κ1) is 26.7. The van der Waals surface area contributed by atoms with Crippen molar-refractivity contribution in [3.05, 3.63) is 71.9 Å². The number of amides is 2. The highest BCUT2D eigenvalue weighted by Gasteiger charge is 2.39. The maximum Gasteiger partial charge on any atom is 0.416 e. The van der Waals surface area contributed by atoms with E-state index in [2.05, 4.69) is 15.3 Å². The second kappa shape index (κ2) is 10.1. The number of nitrogens with two attached hydrogens (primary N) is 1. The van der Waals surface area contributed by atoms with Gasteiger partial charge in [0, 0.05) is 54.6 Å². The molecule has 4 N–H and O–H groups in total. The molecule has 1 aliphatic carbocycles. The fourth-order valence-electron chi connectivity index (χ4n) is 5.25. The fraction of sp³-hybridized carbons (Fsp3) is 0.321. The minimum absolute atomic E-state index is 0.0356. The summed E-state index contributed by atoms with van der Waals surface area (Å²) in [6.07, 6.45) is 1.20. The van der Waals surface area contributed by atoms with Crippen LogP contribution in [0.4, 0.5) is 24.8 Å². The van der Waals surface area contributed by atoms with Crippen molar-refractivity contribution in [1.82, 2.24) is 24.3 Å². The lowest BCUT2D eigenvalue weighted by atomic mass is 9.94. The number of aromatic nitrogens is 4. The Hall–Kier alpha value is -4.52. The Morgan fingerprint density at radius 3 is 2.51 bits per heavy atom. The van der Waals surface area contributed by atoms with E-state index in [0.717, 1.165) is 31.2 Å². The highest BCUT2D eigenvalue weighted by Crippen LogP contribution is 2.37. The molecular weight excluding hydrogens is 539 g/mol. The topological polar surface area (TPSA) is 139 Å². The smallest absolute Gasteiger partial charge is 0.391 e. The van der Waals surface area contributed by atoms with E-state index in [1.807, 2.05) is 4.40 Å². The van der Waals surface area contributed by atoms with E-state index in [1.165, 1.54) is 12.1 Å². The zero-order valence-corrected chi connectivity index (χ0v) is 21.7. The van der Waals surface area contributed by atoms with Crippen LogP contribution in [0.1, 0.15) is 46.9 Å². The number of anilines is 2. The number of alkyl halides is 3. The molecule has 4 aromatic rings. The summed E-state index contributed by atoms with van der Waals surface area (Å²) in [4.78, 5) is 40.1. The van der Waals surface area contributed by atoms with Crippen molar-refractivity contribution < 1.29 is 27.9 Å². The van der Waals surface area contributed by atoms with E-state index in [-0.39, 0.29) is 34.9 Å². The Bertz CT molecular complexity index is 1630. The summed E-state index contributed by atoms with van der Waals surface area (Å²) in [6.45, 7) is 0.723. The first-order valence-corrected chi connectivity index (χ1v) is 13.1. The van der Waals surface area contributed by atoms with Gasteiger partial charge in [-0.1, -0.05) is 12.1 Å². The van der Waals surface area contributed by atoms with Gasteiger partial charge in [-0.05, 0) is 43.5 Å². The maximum absolute atomic E-state index is 13.0. The number of aliphatic hydroxyl groups excluding tert-OH is 1. The van der Waals surface area contributed by atoms with Gasteiger partial charge in [0.05, 0.1) is 11.7 Å². The molecule has 3 aromatic heterocycles. The van der Waals surface area contributed by atoms with Gasteiger partial charge in [0.2, 0.25) is 5.91 Å². The molecule has 1 saturated heterocycles. The zero-order valence-electron chi connectivity index (χ0n) is 21.7. The fourth-order valence-corrected chi connectivity index (χ4v) is 5.25. The van der Waals surface area contributed by atoms with Gasteiger partial charge in [-0.15, -0.1) is 0 Å². The summed E-state index contributed by atoms with van der Waals surface area (Å²) >= 11 is 0. The molecule has 13 heteroatoms. The molecule has 2 aliphatic rings. The molecule has 6 rings (SSSR count). The number of nitrogens with one attached hydrogen (secondary N) is 1. The van der Waals surface area contributed by atoms with Crippen molar-refractivity contribution in [2.45, 2.75) is 37.5 Å². The number of hydrogen-bond acceptors (Lipinski definition) is 7. The molecule has 0 radical (unpaired) electrons. The number of β-amino-alcohol motifs (C(OH)–C–C–N with tert-alkyl or cyclic N) is 1. The minimum atomic E-state index is -4.56. The molecule has 1 saturated carbocycles. The van der Waals surface area contributed by atoms with Gasteiger partial charge in [0.15, 0.2) is 0 Å². The number of benzene rings is 1. The van der Waals surface area contributed by atoms with E-state index in [1.54, 1.807) is 29.4 Å². The normalized spacial score (nSPS) is 19.4. The predicted octanol–water partition coefficient (Wildman–Crippen LogP) is 3.73. The number of rotatable bonds is 5. The molecular formula is C28H26F3N7O3. The maximum atomic E-state index is 13.0. The van der Waals surface area contributed by atoms with Crippen LogP contribution < -0.4 is 11.1 Å². The number of hydrogen-bond donors (Lipinski definition) is 3. The average Bonchev–Trinajstić information content (AvgIpc) is 3.72. The quantitative estimate of drug-likeness (QED) is 0.335. The van der Waals surface area contributed by atoms with Crippen molar-refractivity contribution in [3.63, 3.8) is 0 Å². The van der Waals surface area contributed by atoms with Crippen LogP contribution in [0.3, 0.4) is 0 Å². The molecule has 41 heavy (non-hydrogen) atoms. The van der Waals surface area contributed by atoms with Crippen molar-refractivity contribution >= 4 is 29.0 Å². The van der Waals surface area contributed by atoms with Crippen LogP contribution >= 0.6 is 0 Å². The highest BCUT2D eigenvalue weighted by molar-refractivity contribution is 6.04. The number of carbonyl (C=O) groups excluding carboxylic acids is 2. The lowest BCUT2D eigenvalue weighted by molar-refractivity contribution is -0.137. The number of halogens is 3. The van der Waals surface area contributed by atoms with Crippen LogP contribution in [0.2, 0.25) is 0 Å². The van der Waals surface area contributed by atoms with Gasteiger partial charge < -0.3 is 21.1 Å². The number of fused-ring (bicyclic) bond motifs is 1. The predicted molar refractivity (Wildman–Crippen MR) is 143 cm³/mol. The van der Waals surface area contributed by atoms with Gasteiger partial charge in [-0.3, -0.25) is 14.0 Å². The number of nitrogens with zero attached hydrogens (tertiary/aromatic N) is 5. The van der Waals surface area contributed by atoms with Crippen LogP contribution in [-0.4, -0.2) is 60.4 Å². The van der Waals surface area contributed by atoms with Gasteiger partial charge in [-0.2, -0.15) is 13.2 Å². The van der Waals surface area contributed by atoms with E-state index in [0.29, 0.717) is 42.1 Å². The third kappa shape index (κ3) is 5.32. The van der Waals surface area contributed by atoms with Crippen molar-refractivity contribution in [2.24, 2.45) is 5.92 Å². The molecule has 2 atom stereocenters. The number of piperidine rings is 1. The van der Waals surface area contributed by atoms with Crippen molar-refractivity contribution in [2.75, 3.05) is 24.1 Å². The van der Waals surface area contributed by atoms with E-state index >= 15 is 0 Å². The molecule has 2 amide bonds. The molecule has 0 unspecified atom stereocenters. The van der Waals surface area contributed by atoms with Gasteiger partial charge in [0.25, 0.3) is 5.91 Å². The standard InChI is InChI=1S/C28H26F3N7O3/c29-28(30,31)19-7-8-33-21(12-19)35-26(40)16-3-1-15(2-4-16)22-23-24(32)34-9-10-38(23)25(36-22)18-11-20(39)14-37(13-18)27(41)17-5-6-17/h1-4,7-10,12,17-18,20,39H,5-6,11,13-14H2,(H2,32,34)(H,33,35,40)/t18-,20+/m1/s1. The second-order valence-corrected chi connectivity index (χ2v) is 10.4. The monoisotopic (exact) mass is 565 g/mol. The summed E-state index contributed by atoms with van der Waals surface area (Å²) in [5.74, 6) is -0.124. The second-order valence-electron chi connectivity index (χ2n) is 10.4.